The van der Waals surface area contributed by atoms with E-state index in [-0.39, 0.29) is 0 Å². The molecule has 0 radical (unpaired) electrons. The van der Waals surface area contributed by atoms with Gasteiger partial charge in [-0.15, -0.1) is 0 Å². The van der Waals surface area contributed by atoms with Gasteiger partial charge in [0, 0.05) is 19.3 Å². The van der Waals surface area contributed by atoms with Crippen LogP contribution in [0.15, 0.2) is 11.1 Å². The van der Waals surface area contributed by atoms with Gasteiger partial charge < -0.3 is 0 Å². The summed E-state index contributed by atoms with van der Waals surface area (Å²) >= 11 is 0. The zero-order chi connectivity index (χ0) is 15.5. The Hall–Kier alpha value is -0.880. The fourth-order valence-electron chi connectivity index (χ4n) is 3.00. The smallest absolute Gasteiger partial charge is 0.246 e. The summed E-state index contributed by atoms with van der Waals surface area (Å²) in [4.78, 5) is 0.382. The van der Waals surface area contributed by atoms with Crippen LogP contribution in [0.25, 0.3) is 0 Å². The van der Waals surface area contributed by atoms with Gasteiger partial charge in [-0.05, 0) is 26.2 Å². The molecule has 0 atom stereocenters. The molecule has 0 aromatic carbocycles. The normalized spacial score (nSPS) is 17.0. The molecule has 1 aromatic rings. The van der Waals surface area contributed by atoms with Gasteiger partial charge in [0.05, 0.1) is 11.7 Å². The summed E-state index contributed by atoms with van der Waals surface area (Å²) in [6, 6.07) is 0.373. The Kier molecular flexibility index (Phi) is 5.43. The topological polar surface area (TPSA) is 55.2 Å². The lowest BCUT2D eigenvalue weighted by Gasteiger charge is -2.19. The first-order valence-electron chi connectivity index (χ1n) is 8.06. The molecule has 0 unspecified atom stereocenters. The largest absolute Gasteiger partial charge is 0.268 e. The molecule has 0 bridgehead atoms. The van der Waals surface area contributed by atoms with Gasteiger partial charge in [-0.3, -0.25) is 4.68 Å². The van der Waals surface area contributed by atoms with E-state index in [0.717, 1.165) is 25.7 Å². The Morgan fingerprint density at radius 2 is 2.00 bits per heavy atom. The molecule has 0 N–H and O–H groups in total. The second-order valence-electron chi connectivity index (χ2n) is 5.85. The standard InChI is InChI=1S/C15H27N3O2S/c1-4-6-11-17(5-2)21(19,20)15-12-18(16-13(15)3)14-9-7-8-10-14/h12,14H,4-11H2,1-3H3. The minimum Gasteiger partial charge on any atom is -0.268 e. The molecule has 1 saturated carbocycles. The first-order chi connectivity index (χ1) is 10.0. The number of hydrogen-bond donors (Lipinski definition) is 0. The molecule has 2 rings (SSSR count). The van der Waals surface area contributed by atoms with Crippen LogP contribution in [0.3, 0.4) is 0 Å². The van der Waals surface area contributed by atoms with Crippen LogP contribution in [0.1, 0.15) is 64.1 Å². The molecule has 6 heteroatoms. The van der Waals surface area contributed by atoms with Crippen molar-refractivity contribution in [2.45, 2.75) is 70.2 Å². The van der Waals surface area contributed by atoms with Gasteiger partial charge >= 0.3 is 0 Å². The SMILES string of the molecule is CCCCN(CC)S(=O)(=O)c1cn(C2CCCC2)nc1C. The average Bonchev–Trinajstić information content (AvgIpc) is 3.08. The number of unbranched alkanes of at least 4 members (excludes halogenated alkanes) is 1. The van der Waals surface area contributed by atoms with E-state index in [1.165, 1.54) is 12.8 Å². The fraction of sp³-hybridized carbons (Fsp3) is 0.800. The van der Waals surface area contributed by atoms with E-state index in [0.29, 0.717) is 29.7 Å². The molecule has 1 aliphatic rings. The summed E-state index contributed by atoms with van der Waals surface area (Å²) in [6.45, 7) is 6.86. The van der Waals surface area contributed by atoms with E-state index < -0.39 is 10.0 Å². The van der Waals surface area contributed by atoms with E-state index in [1.807, 2.05) is 11.6 Å². The van der Waals surface area contributed by atoms with Gasteiger partial charge in [0.1, 0.15) is 4.90 Å². The highest BCUT2D eigenvalue weighted by Gasteiger charge is 2.28. The summed E-state index contributed by atoms with van der Waals surface area (Å²) < 4.78 is 29.0. The Morgan fingerprint density at radius 3 is 2.57 bits per heavy atom. The maximum absolute atomic E-state index is 12.8. The second-order valence-corrected chi connectivity index (χ2v) is 7.75. The van der Waals surface area contributed by atoms with Crippen molar-refractivity contribution in [1.82, 2.24) is 14.1 Å². The minimum absolute atomic E-state index is 0.373. The Balaban J connectivity index is 2.26. The minimum atomic E-state index is -3.41. The van der Waals surface area contributed by atoms with E-state index in [1.54, 1.807) is 17.4 Å². The van der Waals surface area contributed by atoms with Crippen LogP contribution in [0, 0.1) is 6.92 Å². The Morgan fingerprint density at radius 1 is 1.33 bits per heavy atom. The fourth-order valence-corrected chi connectivity index (χ4v) is 4.64. The summed E-state index contributed by atoms with van der Waals surface area (Å²) in [7, 11) is -3.41. The molecule has 0 amide bonds. The maximum Gasteiger partial charge on any atom is 0.246 e. The third-order valence-corrected chi connectivity index (χ3v) is 6.38. The van der Waals surface area contributed by atoms with Crippen molar-refractivity contribution in [3.05, 3.63) is 11.9 Å². The molecule has 1 heterocycles. The molecule has 21 heavy (non-hydrogen) atoms. The van der Waals surface area contributed by atoms with E-state index in [4.69, 9.17) is 0 Å². The van der Waals surface area contributed by atoms with E-state index in [9.17, 15) is 8.42 Å². The quantitative estimate of drug-likeness (QED) is 0.777. The molecule has 0 saturated heterocycles. The van der Waals surface area contributed by atoms with Crippen molar-refractivity contribution >= 4 is 10.0 Å². The third-order valence-electron chi connectivity index (χ3n) is 4.30. The van der Waals surface area contributed by atoms with Crippen LogP contribution in [-0.2, 0) is 10.0 Å². The number of rotatable bonds is 7. The molecule has 1 aromatic heterocycles. The first kappa shape index (κ1) is 16.5. The zero-order valence-corrected chi connectivity index (χ0v) is 14.2. The van der Waals surface area contributed by atoms with Crippen molar-refractivity contribution < 1.29 is 8.42 Å². The Bertz CT molecular complexity index is 559. The summed E-state index contributed by atoms with van der Waals surface area (Å²) in [6.07, 6.45) is 8.26. The monoisotopic (exact) mass is 313 g/mol. The van der Waals surface area contributed by atoms with E-state index in [2.05, 4.69) is 12.0 Å². The number of hydrogen-bond acceptors (Lipinski definition) is 3. The summed E-state index contributed by atoms with van der Waals surface area (Å²) in [5.74, 6) is 0. The van der Waals surface area contributed by atoms with Gasteiger partial charge in [0.25, 0.3) is 0 Å². The van der Waals surface area contributed by atoms with Crippen LogP contribution >= 0.6 is 0 Å². The molecule has 5 nitrogen and oxygen atoms in total. The van der Waals surface area contributed by atoms with Crippen molar-refractivity contribution in [1.29, 1.82) is 0 Å². The number of aromatic nitrogens is 2. The van der Waals surface area contributed by atoms with Crippen LogP contribution in [0.2, 0.25) is 0 Å². The predicted molar refractivity (Wildman–Crippen MR) is 83.8 cm³/mol. The summed E-state index contributed by atoms with van der Waals surface area (Å²) in [5.41, 5.74) is 0.622. The van der Waals surface area contributed by atoms with E-state index >= 15 is 0 Å². The highest BCUT2D eigenvalue weighted by atomic mass is 32.2. The van der Waals surface area contributed by atoms with Crippen LogP contribution < -0.4 is 0 Å². The van der Waals surface area contributed by atoms with Gasteiger partial charge in [-0.2, -0.15) is 9.40 Å². The predicted octanol–water partition coefficient (Wildman–Crippen LogP) is 3.12. The summed E-state index contributed by atoms with van der Waals surface area (Å²) in [5, 5.41) is 4.47. The number of nitrogens with zero attached hydrogens (tertiary/aromatic N) is 3. The first-order valence-corrected chi connectivity index (χ1v) is 9.50. The van der Waals surface area contributed by atoms with Crippen LogP contribution in [0.5, 0.6) is 0 Å². The average molecular weight is 313 g/mol. The molecular formula is C15H27N3O2S. The van der Waals surface area contributed by atoms with Crippen LogP contribution in [-0.4, -0.2) is 35.6 Å². The van der Waals surface area contributed by atoms with Gasteiger partial charge in [0.15, 0.2) is 0 Å². The van der Waals surface area contributed by atoms with Gasteiger partial charge in [0.2, 0.25) is 10.0 Å². The van der Waals surface area contributed by atoms with Crippen molar-refractivity contribution in [3.63, 3.8) is 0 Å². The lowest BCUT2D eigenvalue weighted by molar-refractivity contribution is 0.418. The lowest BCUT2D eigenvalue weighted by atomic mass is 10.3. The highest BCUT2D eigenvalue weighted by molar-refractivity contribution is 7.89. The van der Waals surface area contributed by atoms with Gasteiger partial charge in [-0.25, -0.2) is 8.42 Å². The Labute approximate surface area is 128 Å². The van der Waals surface area contributed by atoms with Crippen molar-refractivity contribution in [2.75, 3.05) is 13.1 Å². The molecule has 0 spiro atoms. The second kappa shape index (κ2) is 6.92. The lowest BCUT2D eigenvalue weighted by Crippen LogP contribution is -2.32. The van der Waals surface area contributed by atoms with Crippen molar-refractivity contribution in [3.8, 4) is 0 Å². The van der Waals surface area contributed by atoms with Crippen LogP contribution in [0.4, 0.5) is 0 Å². The molecular weight excluding hydrogens is 286 g/mol. The number of sulfonamides is 1. The maximum atomic E-state index is 12.8. The molecule has 0 aliphatic heterocycles. The molecule has 1 fully saturated rings. The zero-order valence-electron chi connectivity index (χ0n) is 13.4. The highest BCUT2D eigenvalue weighted by Crippen LogP contribution is 2.30. The van der Waals surface area contributed by atoms with Crippen molar-refractivity contribution in [2.24, 2.45) is 0 Å². The molecule has 1 aliphatic carbocycles. The third kappa shape index (κ3) is 3.48. The number of aryl methyl sites for hydroxylation is 1. The molecule has 120 valence electrons. The van der Waals surface area contributed by atoms with Gasteiger partial charge in [-0.1, -0.05) is 33.1 Å².